The third-order valence-electron chi connectivity index (χ3n) is 3.82. The number of hydrogen-bond acceptors (Lipinski definition) is 4. The summed E-state index contributed by atoms with van der Waals surface area (Å²) in [6.07, 6.45) is -0.704. The number of benzene rings is 2. The summed E-state index contributed by atoms with van der Waals surface area (Å²) >= 11 is 0. The van der Waals surface area contributed by atoms with Gasteiger partial charge in [0.1, 0.15) is 5.75 Å². The van der Waals surface area contributed by atoms with Crippen LogP contribution in [0, 0.1) is 13.8 Å². The molecule has 0 radical (unpaired) electrons. The lowest BCUT2D eigenvalue weighted by Crippen LogP contribution is -2.24. The third-order valence-corrected chi connectivity index (χ3v) is 3.82. The molecule has 1 N–H and O–H groups in total. The molecule has 0 saturated heterocycles. The number of nitrogens with one attached hydrogen (secondary N) is 1. The molecule has 0 spiro atoms. The SMILES string of the molecule is COC(=O)[C@H](C)Oc1ccc(C(=O)Nc2cccc(C)c2C)cc1. The Labute approximate surface area is 141 Å². The van der Waals surface area contributed by atoms with Gasteiger partial charge in [0, 0.05) is 11.3 Å². The van der Waals surface area contributed by atoms with E-state index in [0.29, 0.717) is 11.3 Å². The van der Waals surface area contributed by atoms with Crippen LogP contribution in [-0.4, -0.2) is 25.1 Å². The second kappa shape index (κ2) is 7.64. The fraction of sp³-hybridized carbons (Fsp3) is 0.263. The Morgan fingerprint density at radius 1 is 1.04 bits per heavy atom. The number of carbonyl (C=O) groups is 2. The van der Waals surface area contributed by atoms with Gasteiger partial charge in [0.15, 0.2) is 6.10 Å². The maximum atomic E-state index is 12.3. The number of esters is 1. The van der Waals surface area contributed by atoms with E-state index in [9.17, 15) is 9.59 Å². The van der Waals surface area contributed by atoms with Gasteiger partial charge in [-0.05, 0) is 62.2 Å². The first-order valence-electron chi connectivity index (χ1n) is 7.64. The van der Waals surface area contributed by atoms with Crippen molar-refractivity contribution < 1.29 is 19.1 Å². The molecule has 24 heavy (non-hydrogen) atoms. The summed E-state index contributed by atoms with van der Waals surface area (Å²) < 4.78 is 10.1. The van der Waals surface area contributed by atoms with Crippen molar-refractivity contribution in [2.24, 2.45) is 0 Å². The van der Waals surface area contributed by atoms with E-state index in [0.717, 1.165) is 16.8 Å². The Morgan fingerprint density at radius 2 is 1.71 bits per heavy atom. The number of methoxy groups -OCH3 is 1. The highest BCUT2D eigenvalue weighted by molar-refractivity contribution is 6.04. The van der Waals surface area contributed by atoms with E-state index in [4.69, 9.17) is 4.74 Å². The van der Waals surface area contributed by atoms with Crippen molar-refractivity contribution in [3.05, 3.63) is 59.2 Å². The van der Waals surface area contributed by atoms with Crippen molar-refractivity contribution in [1.82, 2.24) is 0 Å². The van der Waals surface area contributed by atoms with Gasteiger partial charge in [0.25, 0.3) is 5.91 Å². The van der Waals surface area contributed by atoms with Gasteiger partial charge >= 0.3 is 5.97 Å². The molecule has 0 saturated carbocycles. The molecule has 1 amide bonds. The van der Waals surface area contributed by atoms with Gasteiger partial charge in [-0.25, -0.2) is 4.79 Å². The molecule has 0 aliphatic carbocycles. The van der Waals surface area contributed by atoms with Crippen molar-refractivity contribution in [3.8, 4) is 5.75 Å². The van der Waals surface area contributed by atoms with Crippen molar-refractivity contribution >= 4 is 17.6 Å². The molecule has 0 bridgehead atoms. The lowest BCUT2D eigenvalue weighted by Gasteiger charge is -2.13. The van der Waals surface area contributed by atoms with Crippen LogP contribution >= 0.6 is 0 Å². The van der Waals surface area contributed by atoms with Crippen molar-refractivity contribution in [2.45, 2.75) is 26.9 Å². The predicted octanol–water partition coefficient (Wildman–Crippen LogP) is 3.50. The minimum atomic E-state index is -0.704. The average Bonchev–Trinajstić information content (AvgIpc) is 2.58. The predicted molar refractivity (Wildman–Crippen MR) is 92.4 cm³/mol. The zero-order chi connectivity index (χ0) is 17.7. The zero-order valence-electron chi connectivity index (χ0n) is 14.3. The number of aryl methyl sites for hydroxylation is 1. The van der Waals surface area contributed by atoms with Gasteiger partial charge in [0.05, 0.1) is 7.11 Å². The van der Waals surface area contributed by atoms with Crippen LogP contribution in [0.25, 0.3) is 0 Å². The van der Waals surface area contributed by atoms with Gasteiger partial charge in [-0.1, -0.05) is 12.1 Å². The van der Waals surface area contributed by atoms with Gasteiger partial charge < -0.3 is 14.8 Å². The Morgan fingerprint density at radius 3 is 2.33 bits per heavy atom. The summed E-state index contributed by atoms with van der Waals surface area (Å²) in [7, 11) is 1.31. The molecule has 0 aliphatic rings. The normalized spacial score (nSPS) is 11.5. The van der Waals surface area contributed by atoms with E-state index in [1.165, 1.54) is 7.11 Å². The highest BCUT2D eigenvalue weighted by Crippen LogP contribution is 2.20. The first kappa shape index (κ1) is 17.5. The number of rotatable bonds is 5. The lowest BCUT2D eigenvalue weighted by atomic mass is 10.1. The monoisotopic (exact) mass is 327 g/mol. The molecule has 1 atom stereocenters. The fourth-order valence-corrected chi connectivity index (χ4v) is 2.18. The van der Waals surface area contributed by atoms with Crippen LogP contribution in [-0.2, 0) is 9.53 Å². The van der Waals surface area contributed by atoms with Crippen LogP contribution in [0.1, 0.15) is 28.4 Å². The molecule has 126 valence electrons. The molecule has 0 heterocycles. The number of carbonyl (C=O) groups excluding carboxylic acids is 2. The highest BCUT2D eigenvalue weighted by atomic mass is 16.6. The van der Waals surface area contributed by atoms with Gasteiger partial charge in [-0.3, -0.25) is 4.79 Å². The summed E-state index contributed by atoms with van der Waals surface area (Å²) in [6.45, 7) is 5.57. The van der Waals surface area contributed by atoms with E-state index in [1.54, 1.807) is 31.2 Å². The van der Waals surface area contributed by atoms with Crippen molar-refractivity contribution in [1.29, 1.82) is 0 Å². The molecule has 0 aromatic heterocycles. The second-order valence-electron chi connectivity index (χ2n) is 5.51. The summed E-state index contributed by atoms with van der Waals surface area (Å²) in [5.41, 5.74) is 3.46. The fourth-order valence-electron chi connectivity index (χ4n) is 2.18. The molecule has 5 nitrogen and oxygen atoms in total. The number of ether oxygens (including phenoxy) is 2. The van der Waals surface area contributed by atoms with Crippen molar-refractivity contribution in [3.63, 3.8) is 0 Å². The third kappa shape index (κ3) is 4.13. The smallest absolute Gasteiger partial charge is 0.346 e. The molecule has 0 aliphatic heterocycles. The molecule has 5 heteroatoms. The molecular weight excluding hydrogens is 306 g/mol. The van der Waals surface area contributed by atoms with Crippen LogP contribution in [0.15, 0.2) is 42.5 Å². The number of amides is 1. The lowest BCUT2D eigenvalue weighted by molar-refractivity contribution is -0.147. The van der Waals surface area contributed by atoms with Crippen molar-refractivity contribution in [2.75, 3.05) is 12.4 Å². The molecule has 0 fully saturated rings. The maximum Gasteiger partial charge on any atom is 0.346 e. The van der Waals surface area contributed by atoms with Gasteiger partial charge in [-0.2, -0.15) is 0 Å². The minimum Gasteiger partial charge on any atom is -0.479 e. The topological polar surface area (TPSA) is 64.6 Å². The van der Waals surface area contributed by atoms with Gasteiger partial charge in [-0.15, -0.1) is 0 Å². The Balaban J connectivity index is 2.06. The van der Waals surface area contributed by atoms with E-state index in [1.807, 2.05) is 32.0 Å². The van der Waals surface area contributed by atoms with E-state index < -0.39 is 12.1 Å². The average molecular weight is 327 g/mol. The molecular formula is C19H21NO4. The Bertz CT molecular complexity index is 738. The maximum absolute atomic E-state index is 12.3. The zero-order valence-corrected chi connectivity index (χ0v) is 14.3. The van der Waals surface area contributed by atoms with E-state index in [2.05, 4.69) is 10.1 Å². The highest BCUT2D eigenvalue weighted by Gasteiger charge is 2.15. The first-order chi connectivity index (χ1) is 11.4. The first-order valence-corrected chi connectivity index (χ1v) is 7.64. The van der Waals surface area contributed by atoms with Crippen LogP contribution in [0.4, 0.5) is 5.69 Å². The Kier molecular flexibility index (Phi) is 5.58. The largest absolute Gasteiger partial charge is 0.479 e. The summed E-state index contributed by atoms with van der Waals surface area (Å²) in [5, 5.41) is 2.90. The van der Waals surface area contributed by atoms with Crippen LogP contribution in [0.2, 0.25) is 0 Å². The Hall–Kier alpha value is -2.82. The molecule has 2 aromatic rings. The van der Waals surface area contributed by atoms with Crippen LogP contribution in [0.5, 0.6) is 5.75 Å². The van der Waals surface area contributed by atoms with Crippen LogP contribution in [0.3, 0.4) is 0 Å². The number of hydrogen-bond donors (Lipinski definition) is 1. The van der Waals surface area contributed by atoms with Gasteiger partial charge in [0.2, 0.25) is 0 Å². The quantitative estimate of drug-likeness (QED) is 0.854. The molecule has 0 unspecified atom stereocenters. The second-order valence-corrected chi connectivity index (χ2v) is 5.51. The number of anilines is 1. The molecule has 2 rings (SSSR count). The standard InChI is InChI=1S/C19H21NO4/c1-12-6-5-7-17(13(12)2)20-18(21)15-8-10-16(11-9-15)24-14(3)19(22)23-4/h5-11,14H,1-4H3,(H,20,21)/t14-/m0/s1. The summed E-state index contributed by atoms with van der Waals surface area (Å²) in [6, 6.07) is 12.4. The van der Waals surface area contributed by atoms with E-state index >= 15 is 0 Å². The van der Waals surface area contributed by atoms with Crippen LogP contribution < -0.4 is 10.1 Å². The van der Waals surface area contributed by atoms with E-state index in [-0.39, 0.29) is 5.91 Å². The summed E-state index contributed by atoms with van der Waals surface area (Å²) in [5.74, 6) is -0.154. The minimum absolute atomic E-state index is 0.198. The summed E-state index contributed by atoms with van der Waals surface area (Å²) in [4.78, 5) is 23.7. The molecule has 2 aromatic carbocycles.